The van der Waals surface area contributed by atoms with Gasteiger partial charge in [0, 0.05) is 31.9 Å². The highest BCUT2D eigenvalue weighted by molar-refractivity contribution is 5.88. The molecular weight excluding hydrogens is 346 g/mol. The minimum atomic E-state index is 0.567. The third-order valence-corrected chi connectivity index (χ3v) is 6.92. The zero-order valence-corrected chi connectivity index (χ0v) is 16.9. The molecule has 4 heterocycles. The molecule has 2 aliphatic heterocycles. The zero-order valence-electron chi connectivity index (χ0n) is 16.9. The van der Waals surface area contributed by atoms with Crippen LogP contribution in [0, 0.1) is 5.92 Å². The molecule has 5 rings (SSSR count). The number of fused-ring (bicyclic) bond motifs is 1. The molecule has 0 atom stereocenters. The fourth-order valence-corrected chi connectivity index (χ4v) is 5.29. The largest absolute Gasteiger partial charge is 0.380 e. The lowest BCUT2D eigenvalue weighted by Crippen LogP contribution is -2.32. The summed E-state index contributed by atoms with van der Waals surface area (Å²) in [7, 11) is 0. The van der Waals surface area contributed by atoms with Crippen LogP contribution >= 0.6 is 0 Å². The number of aromatic nitrogens is 2. The number of rotatable bonds is 5. The molecule has 5 nitrogen and oxygen atoms in total. The van der Waals surface area contributed by atoms with Crippen molar-refractivity contribution in [1.82, 2.24) is 14.9 Å². The Morgan fingerprint density at radius 1 is 0.893 bits per heavy atom. The van der Waals surface area contributed by atoms with Gasteiger partial charge in [-0.3, -0.25) is 4.98 Å². The first-order valence-electron chi connectivity index (χ1n) is 11.3. The summed E-state index contributed by atoms with van der Waals surface area (Å²) in [4.78, 5) is 14.6. The molecule has 28 heavy (non-hydrogen) atoms. The van der Waals surface area contributed by atoms with Crippen molar-refractivity contribution in [3.8, 4) is 0 Å². The lowest BCUT2D eigenvalue weighted by atomic mass is 9.85. The van der Waals surface area contributed by atoms with Gasteiger partial charge < -0.3 is 15.1 Å². The Bertz CT molecular complexity index is 787. The quantitative estimate of drug-likeness (QED) is 0.839. The lowest BCUT2D eigenvalue weighted by molar-refractivity contribution is 0.228. The van der Waals surface area contributed by atoms with Crippen LogP contribution in [0.5, 0.6) is 0 Å². The van der Waals surface area contributed by atoms with Crippen LogP contribution in [-0.2, 0) is 0 Å². The topological polar surface area (TPSA) is 44.3 Å². The Labute approximate surface area is 168 Å². The average Bonchev–Trinajstić information content (AvgIpc) is 3.44. The van der Waals surface area contributed by atoms with Crippen LogP contribution in [-0.4, -0.2) is 53.6 Å². The van der Waals surface area contributed by atoms with Gasteiger partial charge >= 0.3 is 0 Å². The van der Waals surface area contributed by atoms with Gasteiger partial charge in [-0.15, -0.1) is 0 Å². The molecule has 2 saturated heterocycles. The second kappa shape index (κ2) is 8.24. The molecule has 3 aliphatic rings. The third kappa shape index (κ3) is 3.95. The molecule has 0 bridgehead atoms. The zero-order chi connectivity index (χ0) is 18.8. The molecule has 2 aromatic heterocycles. The summed E-state index contributed by atoms with van der Waals surface area (Å²) in [6.45, 7) is 6.23. The molecule has 0 unspecified atom stereocenters. The number of pyridine rings is 2. The SMILES string of the molecule is c1cc(NC2CCC(CN3CCCC3)CC2)c2nc(N3CCCC3)ccc2n1. The van der Waals surface area contributed by atoms with Crippen LogP contribution in [0.15, 0.2) is 24.4 Å². The van der Waals surface area contributed by atoms with E-state index >= 15 is 0 Å². The van der Waals surface area contributed by atoms with Crippen LogP contribution in [0.2, 0.25) is 0 Å². The Morgan fingerprint density at radius 2 is 1.64 bits per heavy atom. The van der Waals surface area contributed by atoms with Crippen molar-refractivity contribution in [2.45, 2.75) is 57.4 Å². The number of likely N-dealkylation sites (tertiary alicyclic amines) is 1. The van der Waals surface area contributed by atoms with E-state index in [-0.39, 0.29) is 0 Å². The maximum atomic E-state index is 5.00. The van der Waals surface area contributed by atoms with Crippen LogP contribution in [0.1, 0.15) is 51.4 Å². The van der Waals surface area contributed by atoms with Gasteiger partial charge in [0.1, 0.15) is 11.3 Å². The highest BCUT2D eigenvalue weighted by Gasteiger charge is 2.24. The summed E-state index contributed by atoms with van der Waals surface area (Å²) in [5.74, 6) is 2.00. The molecule has 0 aromatic carbocycles. The predicted molar refractivity (Wildman–Crippen MR) is 116 cm³/mol. The van der Waals surface area contributed by atoms with E-state index in [0.29, 0.717) is 6.04 Å². The van der Waals surface area contributed by atoms with Gasteiger partial charge in [0.2, 0.25) is 0 Å². The summed E-state index contributed by atoms with van der Waals surface area (Å²) in [6.07, 6.45) is 12.5. The molecule has 150 valence electrons. The fourth-order valence-electron chi connectivity index (χ4n) is 5.29. The average molecular weight is 380 g/mol. The van der Waals surface area contributed by atoms with E-state index in [2.05, 4.69) is 38.3 Å². The molecule has 5 heteroatoms. The van der Waals surface area contributed by atoms with Crippen molar-refractivity contribution >= 4 is 22.5 Å². The highest BCUT2D eigenvalue weighted by atomic mass is 15.2. The number of nitrogens with zero attached hydrogens (tertiary/aromatic N) is 4. The standard InChI is InChI=1S/C23H33N5/c1-2-14-27(13-1)17-18-5-7-19(8-6-18)25-21-11-12-24-20-9-10-22(26-23(20)21)28-15-3-4-16-28/h9-12,18-19H,1-8,13-17H2,(H,24,25). The van der Waals surface area contributed by atoms with Gasteiger partial charge in [-0.25, -0.2) is 4.98 Å². The monoisotopic (exact) mass is 379 g/mol. The summed E-state index contributed by atoms with van der Waals surface area (Å²) < 4.78 is 0. The van der Waals surface area contributed by atoms with E-state index in [1.807, 2.05) is 6.20 Å². The lowest BCUT2D eigenvalue weighted by Gasteiger charge is -2.32. The number of hydrogen-bond acceptors (Lipinski definition) is 5. The highest BCUT2D eigenvalue weighted by Crippen LogP contribution is 2.30. The van der Waals surface area contributed by atoms with E-state index in [0.717, 1.165) is 41.5 Å². The van der Waals surface area contributed by atoms with Crippen molar-refractivity contribution in [2.75, 3.05) is 42.9 Å². The van der Waals surface area contributed by atoms with Crippen molar-refractivity contribution in [1.29, 1.82) is 0 Å². The van der Waals surface area contributed by atoms with E-state index in [1.54, 1.807) is 0 Å². The summed E-state index contributed by atoms with van der Waals surface area (Å²) in [5, 5.41) is 3.82. The molecular formula is C23H33N5. The smallest absolute Gasteiger partial charge is 0.129 e. The number of nitrogens with one attached hydrogen (secondary N) is 1. The van der Waals surface area contributed by atoms with Gasteiger partial charge in [-0.2, -0.15) is 0 Å². The Balaban J connectivity index is 1.25. The molecule has 1 saturated carbocycles. The fraction of sp³-hybridized carbons (Fsp3) is 0.652. The first-order chi connectivity index (χ1) is 13.8. The van der Waals surface area contributed by atoms with Crippen molar-refractivity contribution in [3.05, 3.63) is 24.4 Å². The number of hydrogen-bond donors (Lipinski definition) is 1. The van der Waals surface area contributed by atoms with Gasteiger partial charge in [0.25, 0.3) is 0 Å². The number of anilines is 2. The van der Waals surface area contributed by atoms with Crippen molar-refractivity contribution in [2.24, 2.45) is 5.92 Å². The first-order valence-corrected chi connectivity index (χ1v) is 11.3. The Kier molecular flexibility index (Phi) is 5.34. The molecule has 0 radical (unpaired) electrons. The maximum Gasteiger partial charge on any atom is 0.129 e. The first kappa shape index (κ1) is 18.2. The van der Waals surface area contributed by atoms with Gasteiger partial charge in [-0.05, 0) is 88.6 Å². The molecule has 0 amide bonds. The third-order valence-electron chi connectivity index (χ3n) is 6.92. The maximum absolute atomic E-state index is 5.00. The molecule has 3 fully saturated rings. The normalized spacial score (nSPS) is 26.2. The van der Waals surface area contributed by atoms with E-state index in [1.165, 1.54) is 71.0 Å². The van der Waals surface area contributed by atoms with E-state index < -0.39 is 0 Å². The van der Waals surface area contributed by atoms with E-state index in [4.69, 9.17) is 4.98 Å². The van der Waals surface area contributed by atoms with Crippen LogP contribution in [0.3, 0.4) is 0 Å². The summed E-state index contributed by atoms with van der Waals surface area (Å²) >= 11 is 0. The molecule has 2 aromatic rings. The summed E-state index contributed by atoms with van der Waals surface area (Å²) in [6, 6.07) is 6.94. The van der Waals surface area contributed by atoms with Crippen molar-refractivity contribution in [3.63, 3.8) is 0 Å². The van der Waals surface area contributed by atoms with Gasteiger partial charge in [-0.1, -0.05) is 0 Å². The van der Waals surface area contributed by atoms with Gasteiger partial charge in [0.15, 0.2) is 0 Å². The van der Waals surface area contributed by atoms with Gasteiger partial charge in [0.05, 0.1) is 11.2 Å². The Hall–Kier alpha value is -1.88. The van der Waals surface area contributed by atoms with E-state index in [9.17, 15) is 0 Å². The Morgan fingerprint density at radius 3 is 2.43 bits per heavy atom. The van der Waals surface area contributed by atoms with Crippen LogP contribution < -0.4 is 10.2 Å². The predicted octanol–water partition coefficient (Wildman–Crippen LogP) is 4.30. The van der Waals surface area contributed by atoms with Crippen LogP contribution in [0.4, 0.5) is 11.5 Å². The second-order valence-corrected chi connectivity index (χ2v) is 8.96. The second-order valence-electron chi connectivity index (χ2n) is 8.96. The molecule has 1 N–H and O–H groups in total. The minimum absolute atomic E-state index is 0.567. The van der Waals surface area contributed by atoms with Crippen LogP contribution in [0.25, 0.3) is 11.0 Å². The molecule has 0 spiro atoms. The van der Waals surface area contributed by atoms with Crippen molar-refractivity contribution < 1.29 is 0 Å². The minimum Gasteiger partial charge on any atom is -0.380 e. The summed E-state index contributed by atoms with van der Waals surface area (Å²) in [5.41, 5.74) is 3.19. The molecule has 1 aliphatic carbocycles.